The van der Waals surface area contributed by atoms with E-state index in [1.54, 1.807) is 17.2 Å². The molecule has 162 valence electrons. The van der Waals surface area contributed by atoms with Gasteiger partial charge in [-0.15, -0.1) is 0 Å². The molecule has 0 bridgehead atoms. The summed E-state index contributed by atoms with van der Waals surface area (Å²) in [5, 5.41) is 0. The molecule has 1 aromatic heterocycles. The zero-order chi connectivity index (χ0) is 21.5. The van der Waals surface area contributed by atoms with Crippen LogP contribution in [-0.4, -0.2) is 54.0 Å². The highest BCUT2D eigenvalue weighted by Gasteiger charge is 2.27. The molecule has 1 atom stereocenters. The molecule has 0 saturated carbocycles. The first-order chi connectivity index (χ1) is 14.4. The lowest BCUT2D eigenvalue weighted by molar-refractivity contribution is -0.134. The molecule has 1 aliphatic heterocycles. The molecule has 1 saturated heterocycles. The number of rotatable bonds is 9. The number of hydrogen-bond donors (Lipinski definition) is 0. The Morgan fingerprint density at radius 2 is 1.93 bits per heavy atom. The van der Waals surface area contributed by atoms with E-state index in [0.29, 0.717) is 37.6 Å². The van der Waals surface area contributed by atoms with Gasteiger partial charge in [-0.3, -0.25) is 9.59 Å². The van der Waals surface area contributed by atoms with Crippen molar-refractivity contribution in [1.82, 2.24) is 9.80 Å². The van der Waals surface area contributed by atoms with Gasteiger partial charge in [-0.2, -0.15) is 0 Å². The maximum Gasteiger partial charge on any atom is 0.254 e. The fourth-order valence-corrected chi connectivity index (χ4v) is 3.58. The Morgan fingerprint density at radius 1 is 1.17 bits per heavy atom. The summed E-state index contributed by atoms with van der Waals surface area (Å²) in [4.78, 5) is 29.4. The Labute approximate surface area is 176 Å². The van der Waals surface area contributed by atoms with Crippen molar-refractivity contribution in [2.45, 2.75) is 39.3 Å². The van der Waals surface area contributed by atoms with Gasteiger partial charge in [-0.25, -0.2) is 4.39 Å². The van der Waals surface area contributed by atoms with Crippen LogP contribution in [-0.2, 0) is 16.1 Å². The number of carbonyl (C=O) groups excluding carboxylic acids is 2. The Balaban J connectivity index is 1.74. The highest BCUT2D eigenvalue weighted by Crippen LogP contribution is 2.17. The van der Waals surface area contributed by atoms with Gasteiger partial charge < -0.3 is 19.0 Å². The third-order valence-corrected chi connectivity index (χ3v) is 5.02. The van der Waals surface area contributed by atoms with Crippen LogP contribution in [0.1, 0.15) is 42.8 Å². The minimum absolute atomic E-state index is 0.00439. The average Bonchev–Trinajstić information content (AvgIpc) is 3.41. The fraction of sp³-hybridized carbons (Fsp3) is 0.478. The standard InChI is InChI=1S/C23H29FN2O4/c1-17(2)13-26(23(28)18-7-9-19(24)10-8-18)16-22(27)25(14-20-5-3-11-29-20)15-21-6-4-12-30-21/h3,5,7-11,17,21H,4,6,12-16H2,1-2H3/t21-/m0/s1. The number of nitrogens with zero attached hydrogens (tertiary/aromatic N) is 2. The van der Waals surface area contributed by atoms with Gasteiger partial charge >= 0.3 is 0 Å². The molecular weight excluding hydrogens is 387 g/mol. The number of halogens is 1. The topological polar surface area (TPSA) is 63.0 Å². The second-order valence-electron chi connectivity index (χ2n) is 8.08. The van der Waals surface area contributed by atoms with Crippen molar-refractivity contribution in [3.05, 3.63) is 59.8 Å². The molecule has 7 heteroatoms. The summed E-state index contributed by atoms with van der Waals surface area (Å²) in [5.74, 6) is 0.00449. The van der Waals surface area contributed by atoms with E-state index in [1.807, 2.05) is 19.9 Å². The van der Waals surface area contributed by atoms with E-state index < -0.39 is 5.82 Å². The van der Waals surface area contributed by atoms with Crippen molar-refractivity contribution in [3.8, 4) is 0 Å². The first-order valence-electron chi connectivity index (χ1n) is 10.4. The van der Waals surface area contributed by atoms with Crippen molar-refractivity contribution in [3.63, 3.8) is 0 Å². The van der Waals surface area contributed by atoms with Crippen LogP contribution in [0.5, 0.6) is 0 Å². The van der Waals surface area contributed by atoms with E-state index in [1.165, 1.54) is 29.2 Å². The van der Waals surface area contributed by atoms with Crippen LogP contribution in [0.2, 0.25) is 0 Å². The van der Waals surface area contributed by atoms with Crippen molar-refractivity contribution in [2.75, 3.05) is 26.2 Å². The van der Waals surface area contributed by atoms with Crippen LogP contribution in [0.15, 0.2) is 47.1 Å². The average molecular weight is 416 g/mol. The zero-order valence-corrected chi connectivity index (χ0v) is 17.6. The highest BCUT2D eigenvalue weighted by molar-refractivity contribution is 5.96. The van der Waals surface area contributed by atoms with Gasteiger partial charge in [0.25, 0.3) is 5.91 Å². The molecule has 1 aromatic carbocycles. The summed E-state index contributed by atoms with van der Waals surface area (Å²) in [7, 11) is 0. The Hall–Kier alpha value is -2.67. The molecule has 3 rings (SSSR count). The zero-order valence-electron chi connectivity index (χ0n) is 17.6. The van der Waals surface area contributed by atoms with Crippen molar-refractivity contribution >= 4 is 11.8 Å². The number of carbonyl (C=O) groups is 2. The summed E-state index contributed by atoms with van der Waals surface area (Å²) in [6.07, 6.45) is 3.46. The fourth-order valence-electron chi connectivity index (χ4n) is 3.58. The number of ether oxygens (including phenoxy) is 1. The predicted octanol–water partition coefficient (Wildman–Crippen LogP) is 3.72. The Morgan fingerprint density at radius 3 is 2.53 bits per heavy atom. The first kappa shape index (κ1) is 22.0. The molecule has 2 amide bonds. The summed E-state index contributed by atoms with van der Waals surface area (Å²) in [5.41, 5.74) is 0.363. The van der Waals surface area contributed by atoms with Gasteiger partial charge in [0.2, 0.25) is 5.91 Å². The van der Waals surface area contributed by atoms with Gasteiger partial charge in [0.05, 0.1) is 18.9 Å². The molecule has 2 heterocycles. The highest BCUT2D eigenvalue weighted by atomic mass is 19.1. The van der Waals surface area contributed by atoms with E-state index in [9.17, 15) is 14.0 Å². The summed E-state index contributed by atoms with van der Waals surface area (Å²) < 4.78 is 24.4. The van der Waals surface area contributed by atoms with Gasteiger partial charge in [0.15, 0.2) is 0 Å². The molecule has 0 aliphatic carbocycles. The van der Waals surface area contributed by atoms with Crippen LogP contribution in [0, 0.1) is 11.7 Å². The van der Waals surface area contributed by atoms with E-state index in [4.69, 9.17) is 9.15 Å². The minimum atomic E-state index is -0.403. The molecule has 1 aliphatic rings. The van der Waals surface area contributed by atoms with E-state index in [0.717, 1.165) is 12.8 Å². The molecular formula is C23H29FN2O4. The summed E-state index contributed by atoms with van der Waals surface area (Å²) in [6, 6.07) is 9.01. The van der Waals surface area contributed by atoms with Crippen molar-refractivity contribution in [2.24, 2.45) is 5.92 Å². The summed E-state index contributed by atoms with van der Waals surface area (Å²) in [6.45, 7) is 5.84. The van der Waals surface area contributed by atoms with Crippen LogP contribution >= 0.6 is 0 Å². The number of furan rings is 1. The molecule has 1 fully saturated rings. The van der Waals surface area contributed by atoms with Crippen molar-refractivity contribution < 1.29 is 23.1 Å². The van der Waals surface area contributed by atoms with Crippen LogP contribution in [0.4, 0.5) is 4.39 Å². The number of benzene rings is 1. The Bertz CT molecular complexity index is 814. The quantitative estimate of drug-likeness (QED) is 0.625. The van der Waals surface area contributed by atoms with Crippen LogP contribution < -0.4 is 0 Å². The van der Waals surface area contributed by atoms with E-state index in [2.05, 4.69) is 0 Å². The molecule has 0 unspecified atom stereocenters. The van der Waals surface area contributed by atoms with Crippen molar-refractivity contribution in [1.29, 1.82) is 0 Å². The number of hydrogen-bond acceptors (Lipinski definition) is 4. The van der Waals surface area contributed by atoms with E-state index in [-0.39, 0.29) is 30.4 Å². The molecule has 0 radical (unpaired) electrons. The largest absolute Gasteiger partial charge is 0.467 e. The normalized spacial score (nSPS) is 16.1. The monoisotopic (exact) mass is 416 g/mol. The smallest absolute Gasteiger partial charge is 0.254 e. The van der Waals surface area contributed by atoms with Gasteiger partial charge in [0.1, 0.15) is 18.1 Å². The van der Waals surface area contributed by atoms with Crippen LogP contribution in [0.3, 0.4) is 0 Å². The molecule has 0 N–H and O–H groups in total. The third kappa shape index (κ3) is 6.16. The molecule has 30 heavy (non-hydrogen) atoms. The van der Waals surface area contributed by atoms with Crippen LogP contribution in [0.25, 0.3) is 0 Å². The van der Waals surface area contributed by atoms with Gasteiger partial charge in [0, 0.05) is 25.3 Å². The summed E-state index contributed by atoms with van der Waals surface area (Å²) >= 11 is 0. The van der Waals surface area contributed by atoms with E-state index >= 15 is 0 Å². The lowest BCUT2D eigenvalue weighted by Crippen LogP contribution is -2.46. The molecule has 2 aromatic rings. The molecule has 6 nitrogen and oxygen atoms in total. The van der Waals surface area contributed by atoms with Gasteiger partial charge in [-0.1, -0.05) is 13.8 Å². The lowest BCUT2D eigenvalue weighted by Gasteiger charge is -2.29. The third-order valence-electron chi connectivity index (χ3n) is 5.02. The lowest BCUT2D eigenvalue weighted by atomic mass is 10.1. The second kappa shape index (κ2) is 10.4. The van der Waals surface area contributed by atoms with Gasteiger partial charge in [-0.05, 0) is 55.2 Å². The number of amides is 2. The molecule has 0 spiro atoms. The second-order valence-corrected chi connectivity index (χ2v) is 8.08. The minimum Gasteiger partial charge on any atom is -0.467 e. The maximum absolute atomic E-state index is 13.2. The first-order valence-corrected chi connectivity index (χ1v) is 10.4. The maximum atomic E-state index is 13.2. The SMILES string of the molecule is CC(C)CN(CC(=O)N(Cc1ccco1)C[C@@H]1CCCO1)C(=O)c1ccc(F)cc1. The predicted molar refractivity (Wildman–Crippen MR) is 110 cm³/mol. The Kier molecular flexibility index (Phi) is 7.63.